The molecular formula is C14H13ClN2O2. The van der Waals surface area contributed by atoms with E-state index in [1.54, 1.807) is 12.1 Å². The summed E-state index contributed by atoms with van der Waals surface area (Å²) in [5.74, 6) is -0.360. The summed E-state index contributed by atoms with van der Waals surface area (Å²) in [7, 11) is 0. The number of rotatable bonds is 4. The van der Waals surface area contributed by atoms with Gasteiger partial charge < -0.3 is 10.4 Å². The molecule has 5 heteroatoms. The van der Waals surface area contributed by atoms with Crippen LogP contribution >= 0.6 is 11.6 Å². The highest BCUT2D eigenvalue weighted by Crippen LogP contribution is 2.15. The highest BCUT2D eigenvalue weighted by molar-refractivity contribution is 6.32. The van der Waals surface area contributed by atoms with Crippen molar-refractivity contribution in [2.45, 2.75) is 6.04 Å². The molecule has 19 heavy (non-hydrogen) atoms. The first-order chi connectivity index (χ1) is 9.22. The lowest BCUT2D eigenvalue weighted by atomic mass is 10.1. The summed E-state index contributed by atoms with van der Waals surface area (Å²) < 4.78 is 0. The quantitative estimate of drug-likeness (QED) is 0.842. The molecule has 2 N–H and O–H groups in total. The number of hydrogen-bond acceptors (Lipinski definition) is 3. The highest BCUT2D eigenvalue weighted by Gasteiger charge is 2.16. The van der Waals surface area contributed by atoms with E-state index >= 15 is 0 Å². The Labute approximate surface area is 116 Å². The van der Waals surface area contributed by atoms with Crippen molar-refractivity contribution < 1.29 is 9.90 Å². The predicted molar refractivity (Wildman–Crippen MR) is 73.0 cm³/mol. The number of benzene rings is 1. The molecular weight excluding hydrogens is 264 g/mol. The first kappa shape index (κ1) is 13.5. The summed E-state index contributed by atoms with van der Waals surface area (Å²) >= 11 is 5.86. The number of amides is 1. The predicted octanol–water partition coefficient (Wildman–Crippen LogP) is 2.20. The van der Waals surface area contributed by atoms with E-state index in [9.17, 15) is 9.90 Å². The van der Waals surface area contributed by atoms with Gasteiger partial charge in [0.2, 0.25) is 0 Å². The van der Waals surface area contributed by atoms with Gasteiger partial charge in [-0.1, -0.05) is 41.9 Å². The molecule has 0 aliphatic carbocycles. The maximum absolute atomic E-state index is 12.1. The maximum atomic E-state index is 12.1. The summed E-state index contributed by atoms with van der Waals surface area (Å²) in [6.45, 7) is -0.187. The van der Waals surface area contributed by atoms with E-state index in [0.717, 1.165) is 5.56 Å². The number of halogens is 1. The normalized spacial score (nSPS) is 11.9. The van der Waals surface area contributed by atoms with Crippen LogP contribution in [0.1, 0.15) is 22.0 Å². The van der Waals surface area contributed by atoms with Crippen LogP contribution in [0.2, 0.25) is 5.15 Å². The van der Waals surface area contributed by atoms with Crippen LogP contribution in [-0.2, 0) is 0 Å². The second-order valence-electron chi connectivity index (χ2n) is 3.96. The van der Waals surface area contributed by atoms with Gasteiger partial charge >= 0.3 is 0 Å². The van der Waals surface area contributed by atoms with Crippen LogP contribution in [-0.4, -0.2) is 22.6 Å². The molecule has 0 bridgehead atoms. The summed E-state index contributed by atoms with van der Waals surface area (Å²) in [6, 6.07) is 12.0. The van der Waals surface area contributed by atoms with E-state index < -0.39 is 6.04 Å². The van der Waals surface area contributed by atoms with Gasteiger partial charge in [-0.05, 0) is 17.7 Å². The molecule has 2 aromatic rings. The molecule has 1 atom stereocenters. The second-order valence-corrected chi connectivity index (χ2v) is 4.32. The molecule has 1 heterocycles. The number of aliphatic hydroxyl groups is 1. The summed E-state index contributed by atoms with van der Waals surface area (Å²) in [5, 5.41) is 12.3. The van der Waals surface area contributed by atoms with Gasteiger partial charge in [0.25, 0.3) is 5.91 Å². The molecule has 1 amide bonds. The van der Waals surface area contributed by atoms with Crippen LogP contribution < -0.4 is 5.32 Å². The third-order valence-corrected chi connectivity index (χ3v) is 2.99. The minimum Gasteiger partial charge on any atom is -0.394 e. The van der Waals surface area contributed by atoms with Crippen LogP contribution in [0, 0.1) is 0 Å². The van der Waals surface area contributed by atoms with Crippen LogP contribution in [0.5, 0.6) is 0 Å². The van der Waals surface area contributed by atoms with Crippen molar-refractivity contribution in [1.82, 2.24) is 10.3 Å². The molecule has 4 nitrogen and oxygen atoms in total. The lowest BCUT2D eigenvalue weighted by Gasteiger charge is -2.16. The Morgan fingerprint density at radius 1 is 1.26 bits per heavy atom. The molecule has 0 saturated heterocycles. The summed E-state index contributed by atoms with van der Waals surface area (Å²) in [4.78, 5) is 15.9. The van der Waals surface area contributed by atoms with Crippen LogP contribution in [0.3, 0.4) is 0 Å². The van der Waals surface area contributed by atoms with E-state index in [0.29, 0.717) is 5.56 Å². The highest BCUT2D eigenvalue weighted by atomic mass is 35.5. The number of carbonyl (C=O) groups is 1. The fraction of sp³-hybridized carbons (Fsp3) is 0.143. The molecule has 98 valence electrons. The number of carbonyl (C=O) groups excluding carboxylic acids is 1. The molecule has 0 radical (unpaired) electrons. The van der Waals surface area contributed by atoms with E-state index in [4.69, 9.17) is 11.6 Å². The number of hydrogen-bond donors (Lipinski definition) is 2. The third-order valence-electron chi connectivity index (χ3n) is 2.69. The first-order valence-corrected chi connectivity index (χ1v) is 6.17. The topological polar surface area (TPSA) is 62.2 Å². The first-order valence-electron chi connectivity index (χ1n) is 5.79. The van der Waals surface area contributed by atoms with Crippen LogP contribution in [0.4, 0.5) is 0 Å². The lowest BCUT2D eigenvalue weighted by Crippen LogP contribution is -2.31. The lowest BCUT2D eigenvalue weighted by molar-refractivity contribution is 0.0916. The summed E-state index contributed by atoms with van der Waals surface area (Å²) in [6.07, 6.45) is 1.51. The SMILES string of the molecule is O=C(N[C@H](CO)c1ccccc1)c1cccnc1Cl. The van der Waals surface area contributed by atoms with Gasteiger partial charge in [0.05, 0.1) is 18.2 Å². The van der Waals surface area contributed by atoms with E-state index in [-0.39, 0.29) is 17.7 Å². The average Bonchev–Trinajstić information content (AvgIpc) is 2.46. The molecule has 0 fully saturated rings. The smallest absolute Gasteiger partial charge is 0.254 e. The zero-order valence-electron chi connectivity index (χ0n) is 10.1. The summed E-state index contributed by atoms with van der Waals surface area (Å²) in [5.41, 5.74) is 1.12. The molecule has 2 rings (SSSR count). The number of aromatic nitrogens is 1. The van der Waals surface area contributed by atoms with Crippen molar-refractivity contribution in [3.8, 4) is 0 Å². The Bertz CT molecular complexity index is 560. The maximum Gasteiger partial charge on any atom is 0.254 e. The van der Waals surface area contributed by atoms with Gasteiger partial charge in [-0.15, -0.1) is 0 Å². The second kappa shape index (κ2) is 6.31. The molecule has 0 aliphatic rings. The molecule has 0 saturated carbocycles. The average molecular weight is 277 g/mol. The third kappa shape index (κ3) is 3.30. The van der Waals surface area contributed by atoms with Crippen molar-refractivity contribution in [2.75, 3.05) is 6.61 Å². The Morgan fingerprint density at radius 3 is 2.63 bits per heavy atom. The van der Waals surface area contributed by atoms with Crippen molar-refractivity contribution in [1.29, 1.82) is 0 Å². The Hall–Kier alpha value is -1.91. The minimum atomic E-state index is -0.468. The van der Waals surface area contributed by atoms with E-state index in [1.165, 1.54) is 6.20 Å². The Morgan fingerprint density at radius 2 is 2.00 bits per heavy atom. The number of nitrogens with zero attached hydrogens (tertiary/aromatic N) is 1. The zero-order chi connectivity index (χ0) is 13.7. The largest absolute Gasteiger partial charge is 0.394 e. The van der Waals surface area contributed by atoms with Crippen LogP contribution in [0.15, 0.2) is 48.7 Å². The Balaban J connectivity index is 2.16. The van der Waals surface area contributed by atoms with Crippen molar-refractivity contribution in [3.63, 3.8) is 0 Å². The Kier molecular flexibility index (Phi) is 4.49. The molecule has 1 aromatic carbocycles. The van der Waals surface area contributed by atoms with Gasteiger partial charge in [-0.25, -0.2) is 4.98 Å². The van der Waals surface area contributed by atoms with E-state index in [2.05, 4.69) is 10.3 Å². The standard InChI is InChI=1S/C14H13ClN2O2/c15-13-11(7-4-8-16-13)14(19)17-12(9-18)10-5-2-1-3-6-10/h1-8,12,18H,9H2,(H,17,19)/t12-/m1/s1. The fourth-order valence-corrected chi connectivity index (χ4v) is 1.92. The number of nitrogens with one attached hydrogen (secondary N) is 1. The fourth-order valence-electron chi connectivity index (χ4n) is 1.71. The van der Waals surface area contributed by atoms with Crippen LogP contribution in [0.25, 0.3) is 0 Å². The molecule has 0 unspecified atom stereocenters. The molecule has 1 aromatic heterocycles. The van der Waals surface area contributed by atoms with Crippen molar-refractivity contribution in [2.24, 2.45) is 0 Å². The van der Waals surface area contributed by atoms with Gasteiger partial charge in [0.15, 0.2) is 0 Å². The van der Waals surface area contributed by atoms with Gasteiger partial charge in [-0.2, -0.15) is 0 Å². The molecule has 0 spiro atoms. The van der Waals surface area contributed by atoms with Gasteiger partial charge in [0.1, 0.15) is 5.15 Å². The minimum absolute atomic E-state index is 0.143. The van der Waals surface area contributed by atoms with E-state index in [1.807, 2.05) is 30.3 Å². The molecule has 0 aliphatic heterocycles. The number of aliphatic hydroxyl groups excluding tert-OH is 1. The van der Waals surface area contributed by atoms with Crippen molar-refractivity contribution >= 4 is 17.5 Å². The van der Waals surface area contributed by atoms with Gasteiger partial charge in [-0.3, -0.25) is 4.79 Å². The monoisotopic (exact) mass is 276 g/mol. The number of pyridine rings is 1. The van der Waals surface area contributed by atoms with Crippen molar-refractivity contribution in [3.05, 3.63) is 64.9 Å². The zero-order valence-corrected chi connectivity index (χ0v) is 10.8. The van der Waals surface area contributed by atoms with Gasteiger partial charge in [0, 0.05) is 6.20 Å².